The molecular weight excluding hydrogens is 454 g/mol. The fraction of sp³-hybridized carbons (Fsp3) is 0.400. The first-order valence-corrected chi connectivity index (χ1v) is 11.2. The minimum Gasteiger partial charge on any atom is -0.478 e. The number of likely N-dealkylation sites (N-methyl/N-ethyl adjacent to an activating group) is 1. The Kier molecular flexibility index (Phi) is 9.35. The van der Waals surface area contributed by atoms with Gasteiger partial charge in [-0.3, -0.25) is 9.69 Å². The highest BCUT2D eigenvalue weighted by Crippen LogP contribution is 2.41. The lowest BCUT2D eigenvalue weighted by Gasteiger charge is -2.39. The molecule has 0 radical (unpaired) electrons. The molecule has 0 fully saturated rings. The van der Waals surface area contributed by atoms with E-state index in [1.165, 1.54) is 27.6 Å². The standard InChI is InChI=1S/C21H27N3O2.C4H4O4.H2O/c1-4-15(12-25)22-21(26)14-8-17-16-6-5-7-18-20(16)13(10-23(18)2)9-19(17)24(3)11-14;5-3(6)1-2-4(7)8;/h5-8,10,14-15,19,25H,4,9,11-12H2,1-3H3,(H,22,26);1-2H,(H,5,6)(H,7,8);1H2/b;2-1-;/t14-,15+,19-;;/m1../s1. The molecule has 1 aromatic heterocycles. The summed E-state index contributed by atoms with van der Waals surface area (Å²) < 4.78 is 2.20. The van der Waals surface area contributed by atoms with Crippen LogP contribution in [0.3, 0.4) is 0 Å². The third-order valence-electron chi connectivity index (χ3n) is 6.34. The van der Waals surface area contributed by atoms with Crippen molar-refractivity contribution in [1.82, 2.24) is 14.8 Å². The highest BCUT2D eigenvalue weighted by Gasteiger charge is 2.36. The number of fused-ring (bicyclic) bond motifs is 2. The van der Waals surface area contributed by atoms with Gasteiger partial charge in [0.05, 0.1) is 18.6 Å². The van der Waals surface area contributed by atoms with E-state index in [1.54, 1.807) is 0 Å². The van der Waals surface area contributed by atoms with Crippen molar-refractivity contribution in [2.75, 3.05) is 20.2 Å². The summed E-state index contributed by atoms with van der Waals surface area (Å²) in [6, 6.07) is 6.60. The van der Waals surface area contributed by atoms with Crippen molar-refractivity contribution in [2.45, 2.75) is 31.8 Å². The van der Waals surface area contributed by atoms with Gasteiger partial charge >= 0.3 is 11.9 Å². The molecule has 1 aliphatic heterocycles. The number of nitrogens with zero attached hydrogens (tertiary/aromatic N) is 2. The molecule has 6 N–H and O–H groups in total. The van der Waals surface area contributed by atoms with E-state index in [2.05, 4.69) is 59.4 Å². The Balaban J connectivity index is 0.000000418. The summed E-state index contributed by atoms with van der Waals surface area (Å²) in [7, 11) is 4.20. The van der Waals surface area contributed by atoms with Crippen molar-refractivity contribution >= 4 is 34.3 Å². The Bertz CT molecular complexity index is 1130. The molecular formula is C25H33N3O7. The van der Waals surface area contributed by atoms with Crippen LogP contribution in [-0.4, -0.2) is 80.4 Å². The molecule has 1 aliphatic carbocycles. The molecule has 2 aromatic rings. The normalized spacial score (nSPS) is 19.6. The molecule has 0 saturated carbocycles. The molecule has 0 saturated heterocycles. The van der Waals surface area contributed by atoms with Crippen LogP contribution in [-0.2, 0) is 27.9 Å². The SMILES string of the molecule is CC[C@@H](CO)NC(=O)[C@@H]1C=C2c3cccc4c3c(cn4C)C[C@H]2N(C)C1.O.O=C(O)/C=C\C(=O)O. The first kappa shape index (κ1) is 27.8. The van der Waals surface area contributed by atoms with Crippen molar-refractivity contribution < 1.29 is 35.2 Å². The predicted octanol–water partition coefficient (Wildman–Crippen LogP) is 0.822. The third-order valence-corrected chi connectivity index (χ3v) is 6.34. The number of carboxylic acids is 2. The van der Waals surface area contributed by atoms with E-state index in [9.17, 15) is 19.5 Å². The molecule has 10 nitrogen and oxygen atoms in total. The minimum absolute atomic E-state index is 0. The number of hydrogen-bond donors (Lipinski definition) is 4. The summed E-state index contributed by atoms with van der Waals surface area (Å²) in [5, 5.41) is 29.3. The van der Waals surface area contributed by atoms with Gasteiger partial charge < -0.3 is 30.7 Å². The molecule has 2 heterocycles. The molecule has 0 unspecified atom stereocenters. The largest absolute Gasteiger partial charge is 0.478 e. The van der Waals surface area contributed by atoms with Crippen LogP contribution in [0.5, 0.6) is 0 Å². The maximum absolute atomic E-state index is 12.7. The third kappa shape index (κ3) is 6.16. The molecule has 10 heteroatoms. The zero-order chi connectivity index (χ0) is 25.0. The minimum atomic E-state index is -1.26. The van der Waals surface area contributed by atoms with Gasteiger partial charge in [0.2, 0.25) is 5.91 Å². The molecule has 2 aliphatic rings. The molecule has 1 aromatic carbocycles. The maximum Gasteiger partial charge on any atom is 0.328 e. The van der Waals surface area contributed by atoms with Gasteiger partial charge in [-0.1, -0.05) is 25.1 Å². The van der Waals surface area contributed by atoms with Gasteiger partial charge in [0, 0.05) is 48.9 Å². The van der Waals surface area contributed by atoms with Crippen LogP contribution >= 0.6 is 0 Å². The molecule has 0 bridgehead atoms. The number of carbonyl (C=O) groups is 3. The number of benzene rings is 1. The molecule has 0 spiro atoms. The summed E-state index contributed by atoms with van der Waals surface area (Å²) in [5.74, 6) is -2.69. The fourth-order valence-corrected chi connectivity index (χ4v) is 4.62. The Morgan fingerprint density at radius 2 is 1.83 bits per heavy atom. The second-order valence-corrected chi connectivity index (χ2v) is 8.66. The van der Waals surface area contributed by atoms with Crippen LogP contribution in [0.4, 0.5) is 0 Å². The number of rotatable bonds is 6. The smallest absolute Gasteiger partial charge is 0.328 e. The van der Waals surface area contributed by atoms with Gasteiger partial charge in [0.25, 0.3) is 0 Å². The zero-order valence-electron chi connectivity index (χ0n) is 20.1. The van der Waals surface area contributed by atoms with Crippen molar-refractivity contribution in [2.24, 2.45) is 13.0 Å². The van der Waals surface area contributed by atoms with E-state index in [0.717, 1.165) is 12.8 Å². The molecule has 4 rings (SSSR count). The van der Waals surface area contributed by atoms with Crippen LogP contribution in [0.25, 0.3) is 16.5 Å². The van der Waals surface area contributed by atoms with E-state index in [1.807, 2.05) is 6.92 Å². The Labute approximate surface area is 203 Å². The lowest BCUT2D eigenvalue weighted by Crippen LogP contribution is -2.48. The summed E-state index contributed by atoms with van der Waals surface area (Å²) >= 11 is 0. The Hall–Kier alpha value is -3.47. The van der Waals surface area contributed by atoms with Crippen LogP contribution in [0, 0.1) is 5.92 Å². The number of aliphatic hydroxyl groups is 1. The number of nitrogens with one attached hydrogen (secondary N) is 1. The summed E-state index contributed by atoms with van der Waals surface area (Å²) in [5.41, 5.74) is 5.16. The number of aryl methyl sites for hydroxylation is 1. The predicted molar refractivity (Wildman–Crippen MR) is 132 cm³/mol. The van der Waals surface area contributed by atoms with Gasteiger partial charge in [-0.25, -0.2) is 9.59 Å². The van der Waals surface area contributed by atoms with Gasteiger partial charge in [0.15, 0.2) is 0 Å². The van der Waals surface area contributed by atoms with Crippen molar-refractivity contribution in [3.8, 4) is 0 Å². The van der Waals surface area contributed by atoms with Gasteiger partial charge in [-0.05, 0) is 42.7 Å². The lowest BCUT2D eigenvalue weighted by molar-refractivity contribution is -0.134. The number of carboxylic acid groups (broad SMARTS) is 2. The van der Waals surface area contributed by atoms with Crippen LogP contribution in [0.1, 0.15) is 24.5 Å². The second-order valence-electron chi connectivity index (χ2n) is 8.66. The monoisotopic (exact) mass is 487 g/mol. The quantitative estimate of drug-likeness (QED) is 0.438. The van der Waals surface area contributed by atoms with E-state index in [0.29, 0.717) is 24.7 Å². The molecule has 190 valence electrons. The summed E-state index contributed by atoms with van der Waals surface area (Å²) in [6.45, 7) is 2.66. The Morgan fingerprint density at radius 3 is 2.40 bits per heavy atom. The summed E-state index contributed by atoms with van der Waals surface area (Å²) in [6.07, 6.45) is 7.24. The molecule has 1 amide bonds. The van der Waals surface area contributed by atoms with Gasteiger partial charge in [-0.15, -0.1) is 0 Å². The zero-order valence-corrected chi connectivity index (χ0v) is 20.1. The van der Waals surface area contributed by atoms with Crippen LogP contribution < -0.4 is 5.32 Å². The number of amides is 1. The van der Waals surface area contributed by atoms with E-state index >= 15 is 0 Å². The van der Waals surface area contributed by atoms with Gasteiger partial charge in [-0.2, -0.15) is 0 Å². The number of aromatic nitrogens is 1. The van der Waals surface area contributed by atoms with Crippen LogP contribution in [0.2, 0.25) is 0 Å². The van der Waals surface area contributed by atoms with Crippen LogP contribution in [0.15, 0.2) is 42.6 Å². The topological polar surface area (TPSA) is 164 Å². The number of aliphatic hydroxyl groups excluding tert-OH is 1. The maximum atomic E-state index is 12.7. The highest BCUT2D eigenvalue weighted by atomic mass is 16.4. The van der Waals surface area contributed by atoms with E-state index in [-0.39, 0.29) is 30.0 Å². The van der Waals surface area contributed by atoms with E-state index < -0.39 is 11.9 Å². The first-order chi connectivity index (χ1) is 16.2. The average Bonchev–Trinajstić information content (AvgIpc) is 3.13. The fourth-order valence-electron chi connectivity index (χ4n) is 4.62. The highest BCUT2D eigenvalue weighted by molar-refractivity contribution is 5.99. The number of aliphatic carboxylic acids is 2. The first-order valence-electron chi connectivity index (χ1n) is 11.2. The summed E-state index contributed by atoms with van der Waals surface area (Å²) in [4.78, 5) is 34.1. The number of hydrogen-bond acceptors (Lipinski definition) is 5. The van der Waals surface area contributed by atoms with E-state index in [4.69, 9.17) is 10.2 Å². The molecule has 3 atom stereocenters. The average molecular weight is 488 g/mol. The van der Waals surface area contributed by atoms with Crippen molar-refractivity contribution in [3.63, 3.8) is 0 Å². The van der Waals surface area contributed by atoms with Crippen molar-refractivity contribution in [3.05, 3.63) is 53.8 Å². The Morgan fingerprint density at radius 1 is 1.17 bits per heavy atom. The lowest BCUT2D eigenvalue weighted by atomic mass is 9.80. The van der Waals surface area contributed by atoms with Gasteiger partial charge in [0.1, 0.15) is 0 Å². The second kappa shape index (κ2) is 11.8. The van der Waals surface area contributed by atoms with Crippen molar-refractivity contribution in [1.29, 1.82) is 0 Å². The molecule has 35 heavy (non-hydrogen) atoms. The number of carbonyl (C=O) groups excluding carboxylic acids is 1.